The van der Waals surface area contributed by atoms with Gasteiger partial charge in [-0.1, -0.05) is 0 Å². The molecule has 40 heteroatoms. The molecule has 0 heterocycles. The van der Waals surface area contributed by atoms with Crippen LogP contribution in [0.1, 0.15) is 0 Å². The zero-order valence-electron chi connectivity index (χ0n) is 26.1. The Balaban J connectivity index is 0.000000330. The number of hydrogen-bond acceptors (Lipinski definition) is 0. The number of hydrogen-bond donors (Lipinski definition) is 0. The van der Waals surface area contributed by atoms with Crippen LogP contribution in [0.25, 0.3) is 0 Å². The SMILES string of the molecule is FC(F)(F)C1(F)C(F)(F)C(F)(F)C(F)(F)C2(F)C(F)(F)C(F)(F)C(F)(F)C(F)(F)C12F.FC(F)(F)C1(F)C(F)(F)C(F)(F)C2(F)C(F)(F)C(F)(F)C(F)(F)C(F)(F)C2(F)C1(F)F. The number of alkyl halides is 40. The molecule has 0 radical (unpaired) electrons. The number of fused-ring (bicyclic) bond motifs is 2. The first-order valence-corrected chi connectivity index (χ1v) is 13.6. The molecule has 4 aliphatic rings. The molecule has 4 fully saturated rings. The normalized spacial score (nSPS) is 43.7. The Labute approximate surface area is 306 Å². The molecule has 62 heavy (non-hydrogen) atoms. The average Bonchev–Trinajstić information content (AvgIpc) is 3.05. The van der Waals surface area contributed by atoms with Crippen LogP contribution in [0.5, 0.6) is 0 Å². The third kappa shape index (κ3) is 3.97. The van der Waals surface area contributed by atoms with Crippen molar-refractivity contribution >= 4 is 0 Å². The molecule has 0 nitrogen and oxygen atoms in total. The molecule has 6 atom stereocenters. The molecule has 0 aromatic rings. The van der Waals surface area contributed by atoms with Gasteiger partial charge in [-0.05, 0) is 0 Å². The van der Waals surface area contributed by atoms with Gasteiger partial charge in [-0.15, -0.1) is 0 Å². The first kappa shape index (κ1) is 53.5. The molecule has 0 aliphatic heterocycles. The Kier molecular flexibility index (Phi) is 9.85. The van der Waals surface area contributed by atoms with Crippen LogP contribution < -0.4 is 0 Å². The molecule has 0 aromatic heterocycles. The standard InChI is InChI=1S/2C11F20/c12-1-2(13,7(21,22)10(27,28)9(25,26)6(1,19)20)5(17,18)8(23,24)3(14,4(1,15)16)11(29,30)31;12-1-2(13,6(19,20)10(27,28)9(25,26)4(1,15)16)5(17,18)8(23,24)7(21,22)3(1,14)11(29,30)31. The summed E-state index contributed by atoms with van der Waals surface area (Å²) in [5.74, 6) is -122. The van der Waals surface area contributed by atoms with E-state index in [4.69, 9.17) is 0 Å². The fourth-order valence-electron chi connectivity index (χ4n) is 6.66. The smallest absolute Gasteiger partial charge is 0.228 e. The van der Waals surface area contributed by atoms with Crippen molar-refractivity contribution < 1.29 is 176 Å². The highest BCUT2D eigenvalue weighted by molar-refractivity contribution is 5.46. The van der Waals surface area contributed by atoms with Gasteiger partial charge in [0.05, 0.1) is 0 Å². The lowest BCUT2D eigenvalue weighted by atomic mass is 9.50. The van der Waals surface area contributed by atoms with E-state index in [1.165, 1.54) is 0 Å². The summed E-state index contributed by atoms with van der Waals surface area (Å²) in [6.45, 7) is 0. The van der Waals surface area contributed by atoms with Crippen LogP contribution in [-0.4, -0.2) is 129 Å². The predicted molar refractivity (Wildman–Crippen MR) is 104 cm³/mol. The van der Waals surface area contributed by atoms with E-state index in [0.717, 1.165) is 0 Å². The largest absolute Gasteiger partial charge is 0.435 e. The maximum Gasteiger partial charge on any atom is 0.435 e. The zero-order valence-corrected chi connectivity index (χ0v) is 26.1. The van der Waals surface area contributed by atoms with E-state index in [2.05, 4.69) is 0 Å². The summed E-state index contributed by atoms with van der Waals surface area (Å²) >= 11 is 0. The Morgan fingerprint density at radius 2 is 0.290 bits per heavy atom. The van der Waals surface area contributed by atoms with E-state index in [1.807, 2.05) is 0 Å². The zero-order chi connectivity index (χ0) is 51.0. The van der Waals surface area contributed by atoms with Crippen molar-refractivity contribution in [1.82, 2.24) is 0 Å². The van der Waals surface area contributed by atoms with Gasteiger partial charge in [-0.2, -0.15) is 149 Å². The van der Waals surface area contributed by atoms with Gasteiger partial charge in [0.1, 0.15) is 0 Å². The second kappa shape index (κ2) is 11.4. The van der Waals surface area contributed by atoms with Crippen LogP contribution in [0.3, 0.4) is 0 Å². The third-order valence-electron chi connectivity index (χ3n) is 10.1. The van der Waals surface area contributed by atoms with E-state index >= 15 is 0 Å². The second-order valence-electron chi connectivity index (χ2n) is 13.0. The molecule has 368 valence electrons. The molecule has 4 rings (SSSR count). The van der Waals surface area contributed by atoms with Crippen LogP contribution in [-0.2, 0) is 0 Å². The highest BCUT2D eigenvalue weighted by Crippen LogP contribution is 2.84. The van der Waals surface area contributed by atoms with Crippen LogP contribution >= 0.6 is 0 Å². The minimum absolute atomic E-state index is 8.38. The van der Waals surface area contributed by atoms with Crippen molar-refractivity contribution in [3.05, 3.63) is 0 Å². The molecule has 0 N–H and O–H groups in total. The summed E-state index contributed by atoms with van der Waals surface area (Å²) in [6, 6.07) is 0. The number of rotatable bonds is 0. The molecular weight excluding hydrogens is 1020 g/mol. The topological polar surface area (TPSA) is 0 Å². The first-order chi connectivity index (χ1) is 26.0. The van der Waals surface area contributed by atoms with Crippen LogP contribution in [0.4, 0.5) is 176 Å². The van der Waals surface area contributed by atoms with Gasteiger partial charge in [-0.3, -0.25) is 0 Å². The van der Waals surface area contributed by atoms with Gasteiger partial charge >= 0.3 is 107 Å². The Morgan fingerprint density at radius 3 is 0.516 bits per heavy atom. The Hall–Kier alpha value is -2.80. The van der Waals surface area contributed by atoms with Crippen LogP contribution in [0.2, 0.25) is 0 Å². The summed E-state index contributed by atoms with van der Waals surface area (Å²) in [5.41, 5.74) is -54.0. The van der Waals surface area contributed by atoms with Crippen molar-refractivity contribution in [3.8, 4) is 0 Å². The van der Waals surface area contributed by atoms with Crippen molar-refractivity contribution in [2.75, 3.05) is 0 Å². The molecule has 6 unspecified atom stereocenters. The Bertz CT molecular complexity index is 1810. The molecule has 0 aromatic carbocycles. The van der Waals surface area contributed by atoms with E-state index < -0.39 is 129 Å². The van der Waals surface area contributed by atoms with Gasteiger partial charge in [0.25, 0.3) is 22.7 Å². The molecular formula is C22F40. The quantitative estimate of drug-likeness (QED) is 0.212. The van der Waals surface area contributed by atoms with E-state index in [0.29, 0.717) is 0 Å². The van der Waals surface area contributed by atoms with E-state index in [-0.39, 0.29) is 0 Å². The maximum absolute atomic E-state index is 14.6. The number of halogens is 40. The van der Waals surface area contributed by atoms with Gasteiger partial charge in [-0.25, -0.2) is 26.3 Å². The monoisotopic (exact) mass is 1020 g/mol. The van der Waals surface area contributed by atoms with Gasteiger partial charge in [0, 0.05) is 0 Å². The molecule has 4 aliphatic carbocycles. The lowest BCUT2D eigenvalue weighted by Crippen LogP contribution is -3.00. The fourth-order valence-corrected chi connectivity index (χ4v) is 6.66. The molecule has 0 amide bonds. The molecule has 4 saturated carbocycles. The molecule has 0 spiro atoms. The molecule has 0 bridgehead atoms. The summed E-state index contributed by atoms with van der Waals surface area (Å²) < 4.78 is 540. The van der Waals surface area contributed by atoms with E-state index in [9.17, 15) is 176 Å². The molecule has 0 saturated heterocycles. The van der Waals surface area contributed by atoms with Crippen LogP contribution in [0.15, 0.2) is 0 Å². The summed E-state index contributed by atoms with van der Waals surface area (Å²) in [4.78, 5) is 0. The third-order valence-corrected chi connectivity index (χ3v) is 10.1. The van der Waals surface area contributed by atoms with Crippen molar-refractivity contribution in [1.29, 1.82) is 0 Å². The second-order valence-corrected chi connectivity index (χ2v) is 13.0. The van der Waals surface area contributed by atoms with Gasteiger partial charge in [0.2, 0.25) is 0 Å². The van der Waals surface area contributed by atoms with Gasteiger partial charge < -0.3 is 0 Å². The van der Waals surface area contributed by atoms with Crippen molar-refractivity contribution in [2.24, 2.45) is 0 Å². The highest BCUT2D eigenvalue weighted by atomic mass is 19.4. The first-order valence-electron chi connectivity index (χ1n) is 13.6. The average molecular weight is 1020 g/mol. The van der Waals surface area contributed by atoms with E-state index in [1.54, 1.807) is 0 Å². The summed E-state index contributed by atoms with van der Waals surface area (Å²) in [6.07, 6.45) is -17.0. The lowest BCUT2D eigenvalue weighted by molar-refractivity contribution is -0.564. The minimum atomic E-state index is -9.16. The summed E-state index contributed by atoms with van der Waals surface area (Å²) in [5, 5.41) is 0. The minimum Gasteiger partial charge on any atom is -0.228 e. The van der Waals surface area contributed by atoms with Crippen LogP contribution in [0, 0.1) is 0 Å². The maximum atomic E-state index is 14.6. The predicted octanol–water partition coefficient (Wildman–Crippen LogP) is 12.3. The highest BCUT2D eigenvalue weighted by Gasteiger charge is 3.18. The lowest BCUT2D eigenvalue weighted by Gasteiger charge is -2.65. The fraction of sp³-hybridized carbons (Fsp3) is 1.00. The van der Waals surface area contributed by atoms with Crippen molar-refractivity contribution in [2.45, 2.75) is 129 Å². The van der Waals surface area contributed by atoms with Crippen molar-refractivity contribution in [3.63, 3.8) is 0 Å². The Morgan fingerprint density at radius 1 is 0.145 bits per heavy atom. The van der Waals surface area contributed by atoms with Gasteiger partial charge in [0.15, 0.2) is 0 Å². The summed E-state index contributed by atoms with van der Waals surface area (Å²) in [7, 11) is 0.